The zero-order chi connectivity index (χ0) is 15.4. The van der Waals surface area contributed by atoms with Crippen LogP contribution in [-0.2, 0) is 0 Å². The molecule has 2 rings (SSSR count). The van der Waals surface area contributed by atoms with Crippen LogP contribution in [0, 0.1) is 5.82 Å². The zero-order valence-electron chi connectivity index (χ0n) is 11.4. The fraction of sp³-hybridized carbons (Fsp3) is 0.250. The van der Waals surface area contributed by atoms with Gasteiger partial charge in [-0.25, -0.2) is 4.39 Å². The Morgan fingerprint density at radius 1 is 1.19 bits per heavy atom. The predicted molar refractivity (Wildman–Crippen MR) is 91.7 cm³/mol. The van der Waals surface area contributed by atoms with Crippen molar-refractivity contribution >= 4 is 43.5 Å². The molecule has 0 aliphatic carbocycles. The Bertz CT molecular complexity index is 634. The molecule has 0 radical (unpaired) electrons. The van der Waals surface area contributed by atoms with E-state index in [1.807, 2.05) is 25.1 Å². The van der Waals surface area contributed by atoms with Crippen LogP contribution >= 0.6 is 43.5 Å². The molecule has 112 valence electrons. The van der Waals surface area contributed by atoms with Gasteiger partial charge in [0.2, 0.25) is 0 Å². The lowest BCUT2D eigenvalue weighted by Crippen LogP contribution is -1.99. The lowest BCUT2D eigenvalue weighted by atomic mass is 10.0. The van der Waals surface area contributed by atoms with Crippen LogP contribution in [0.2, 0.25) is 0 Å². The normalized spacial score (nSPS) is 12.2. The summed E-state index contributed by atoms with van der Waals surface area (Å²) in [4.78, 5) is 0. The second kappa shape index (κ2) is 7.61. The van der Waals surface area contributed by atoms with Crippen molar-refractivity contribution in [2.45, 2.75) is 18.7 Å². The second-order valence-corrected chi connectivity index (χ2v) is 6.77. The van der Waals surface area contributed by atoms with Gasteiger partial charge in [-0.1, -0.05) is 28.9 Å². The maximum Gasteiger partial charge on any atom is 0.133 e. The lowest BCUT2D eigenvalue weighted by molar-refractivity contribution is 0.315. The minimum atomic E-state index is -0.556. The quantitative estimate of drug-likeness (QED) is 0.488. The van der Waals surface area contributed by atoms with Gasteiger partial charge in [-0.2, -0.15) is 0 Å². The van der Waals surface area contributed by atoms with Crippen LogP contribution in [0.3, 0.4) is 0 Å². The highest BCUT2D eigenvalue weighted by atomic mass is 79.9. The van der Waals surface area contributed by atoms with Crippen LogP contribution in [0.15, 0.2) is 45.3 Å². The first-order valence-corrected chi connectivity index (χ1v) is 8.56. The van der Waals surface area contributed by atoms with Crippen LogP contribution in [0.5, 0.6) is 5.75 Å². The van der Waals surface area contributed by atoms with E-state index in [-0.39, 0.29) is 5.82 Å². The largest absolute Gasteiger partial charge is 0.492 e. The van der Waals surface area contributed by atoms with E-state index in [2.05, 4.69) is 31.9 Å². The highest BCUT2D eigenvalue weighted by Gasteiger charge is 2.17. The third kappa shape index (κ3) is 4.21. The van der Waals surface area contributed by atoms with Crippen molar-refractivity contribution < 1.29 is 9.13 Å². The van der Waals surface area contributed by atoms with E-state index >= 15 is 0 Å². The van der Waals surface area contributed by atoms with Crippen LogP contribution in [-0.4, -0.2) is 6.61 Å². The van der Waals surface area contributed by atoms with Crippen LogP contribution in [0.25, 0.3) is 0 Å². The van der Waals surface area contributed by atoms with E-state index in [4.69, 9.17) is 16.3 Å². The van der Waals surface area contributed by atoms with Gasteiger partial charge in [0.15, 0.2) is 0 Å². The third-order valence-corrected chi connectivity index (χ3v) is 4.54. The fourth-order valence-electron chi connectivity index (χ4n) is 1.89. The van der Waals surface area contributed by atoms with Crippen molar-refractivity contribution in [2.24, 2.45) is 0 Å². The molecule has 21 heavy (non-hydrogen) atoms. The summed E-state index contributed by atoms with van der Waals surface area (Å²) in [7, 11) is 0. The van der Waals surface area contributed by atoms with Crippen LogP contribution in [0.1, 0.15) is 29.8 Å². The van der Waals surface area contributed by atoms with Gasteiger partial charge in [-0.05, 0) is 58.2 Å². The van der Waals surface area contributed by atoms with Gasteiger partial charge in [0, 0.05) is 10.0 Å². The Hall–Kier alpha value is -0.580. The molecule has 0 aliphatic heterocycles. The molecule has 0 spiro atoms. The van der Waals surface area contributed by atoms with Crippen molar-refractivity contribution in [2.75, 3.05) is 6.61 Å². The molecule has 1 unspecified atom stereocenters. The highest BCUT2D eigenvalue weighted by Crippen LogP contribution is 2.36. The first kappa shape index (κ1) is 16.8. The summed E-state index contributed by atoms with van der Waals surface area (Å²) in [6.45, 7) is 2.70. The van der Waals surface area contributed by atoms with Crippen molar-refractivity contribution in [1.29, 1.82) is 0 Å². The molecule has 1 nitrogen and oxygen atoms in total. The number of halogens is 4. The number of hydrogen-bond donors (Lipinski definition) is 0. The van der Waals surface area contributed by atoms with E-state index in [1.165, 1.54) is 6.07 Å². The van der Waals surface area contributed by atoms with Gasteiger partial charge in [-0.3, -0.25) is 0 Å². The summed E-state index contributed by atoms with van der Waals surface area (Å²) >= 11 is 13.2. The van der Waals surface area contributed by atoms with Gasteiger partial charge in [0.25, 0.3) is 0 Å². The highest BCUT2D eigenvalue weighted by molar-refractivity contribution is 9.10. The van der Waals surface area contributed by atoms with E-state index < -0.39 is 5.38 Å². The molecule has 0 saturated heterocycles. The molecule has 0 heterocycles. The Morgan fingerprint density at radius 2 is 1.95 bits per heavy atom. The molecular weight excluding hydrogens is 422 g/mol. The first-order valence-electron chi connectivity index (χ1n) is 6.54. The van der Waals surface area contributed by atoms with E-state index in [0.717, 1.165) is 26.7 Å². The standard InChI is InChI=1S/C16H14Br2ClFO/c1-2-7-21-15-6-3-10(8-13(15)18)16(19)12-9-11(17)4-5-14(12)20/h3-6,8-9,16H,2,7H2,1H3. The third-order valence-electron chi connectivity index (χ3n) is 2.94. The molecule has 0 aromatic heterocycles. The Balaban J connectivity index is 2.29. The Kier molecular flexibility index (Phi) is 6.08. The number of rotatable bonds is 5. The predicted octanol–water partition coefficient (Wildman–Crippen LogP) is 6.47. The molecule has 0 aliphatic rings. The van der Waals surface area contributed by atoms with Crippen molar-refractivity contribution in [3.05, 3.63) is 62.3 Å². The van der Waals surface area contributed by atoms with E-state index in [0.29, 0.717) is 12.2 Å². The molecule has 0 bridgehead atoms. The summed E-state index contributed by atoms with van der Waals surface area (Å²) in [5.41, 5.74) is 1.25. The van der Waals surface area contributed by atoms with Crippen LogP contribution < -0.4 is 4.74 Å². The van der Waals surface area contributed by atoms with Gasteiger partial charge in [-0.15, -0.1) is 11.6 Å². The van der Waals surface area contributed by atoms with Crippen molar-refractivity contribution in [3.8, 4) is 5.75 Å². The Labute approximate surface area is 145 Å². The summed E-state index contributed by atoms with van der Waals surface area (Å²) in [5.74, 6) is 0.444. The average molecular weight is 437 g/mol. The fourth-order valence-corrected chi connectivity index (χ4v) is 3.08. The molecule has 0 fully saturated rings. The summed E-state index contributed by atoms with van der Waals surface area (Å²) in [5, 5.41) is -0.556. The smallest absolute Gasteiger partial charge is 0.133 e. The van der Waals surface area contributed by atoms with E-state index in [9.17, 15) is 4.39 Å². The molecule has 0 N–H and O–H groups in total. The molecule has 0 saturated carbocycles. The van der Waals surface area contributed by atoms with Crippen molar-refractivity contribution in [1.82, 2.24) is 0 Å². The number of alkyl halides is 1. The van der Waals surface area contributed by atoms with Gasteiger partial charge < -0.3 is 4.74 Å². The summed E-state index contributed by atoms with van der Waals surface area (Å²) in [6.07, 6.45) is 0.940. The maximum absolute atomic E-state index is 13.9. The molecule has 1 atom stereocenters. The van der Waals surface area contributed by atoms with Gasteiger partial charge in [0.05, 0.1) is 16.5 Å². The molecular formula is C16H14Br2ClFO. The molecule has 2 aromatic carbocycles. The average Bonchev–Trinajstić information content (AvgIpc) is 2.47. The first-order chi connectivity index (χ1) is 10.0. The molecule has 2 aromatic rings. The van der Waals surface area contributed by atoms with Gasteiger partial charge >= 0.3 is 0 Å². The zero-order valence-corrected chi connectivity index (χ0v) is 15.3. The number of benzene rings is 2. The summed E-state index contributed by atoms with van der Waals surface area (Å²) < 4.78 is 21.1. The number of ether oxygens (including phenoxy) is 1. The topological polar surface area (TPSA) is 9.23 Å². The molecule has 0 amide bonds. The monoisotopic (exact) mass is 434 g/mol. The Morgan fingerprint density at radius 3 is 2.62 bits per heavy atom. The lowest BCUT2D eigenvalue weighted by Gasteiger charge is -2.14. The minimum absolute atomic E-state index is 0.319. The SMILES string of the molecule is CCCOc1ccc(C(Cl)c2cc(Br)ccc2F)cc1Br. The maximum atomic E-state index is 13.9. The minimum Gasteiger partial charge on any atom is -0.492 e. The second-order valence-electron chi connectivity index (χ2n) is 4.57. The molecule has 5 heteroatoms. The number of hydrogen-bond acceptors (Lipinski definition) is 1. The van der Waals surface area contributed by atoms with E-state index in [1.54, 1.807) is 12.1 Å². The van der Waals surface area contributed by atoms with Crippen LogP contribution in [0.4, 0.5) is 4.39 Å². The van der Waals surface area contributed by atoms with Crippen molar-refractivity contribution in [3.63, 3.8) is 0 Å². The van der Waals surface area contributed by atoms with Gasteiger partial charge in [0.1, 0.15) is 11.6 Å². The summed E-state index contributed by atoms with van der Waals surface area (Å²) in [6, 6.07) is 10.3.